The highest BCUT2D eigenvalue weighted by molar-refractivity contribution is 7.93. The smallest absolute Gasteiger partial charge is 0.271 e. The van der Waals surface area contributed by atoms with Crippen molar-refractivity contribution in [2.45, 2.75) is 30.5 Å². The van der Waals surface area contributed by atoms with Crippen molar-refractivity contribution in [3.05, 3.63) is 15.4 Å². The van der Waals surface area contributed by atoms with Gasteiger partial charge < -0.3 is 5.73 Å². The minimum absolute atomic E-state index is 0.0631. The summed E-state index contributed by atoms with van der Waals surface area (Å²) in [4.78, 5) is 11.8. The van der Waals surface area contributed by atoms with Crippen LogP contribution in [0.2, 0.25) is 10.0 Å². The SMILES string of the molecule is CC(C)C[C@H](N)C(=O)N=S(N)(=O)c1scc(Cl)c1Cl. The fourth-order valence-corrected chi connectivity index (χ4v) is 4.48. The molecule has 1 unspecified atom stereocenters. The molecule has 1 heterocycles. The molecule has 1 rings (SSSR count). The summed E-state index contributed by atoms with van der Waals surface area (Å²) in [7, 11) is -3.40. The number of rotatable bonds is 4. The second kappa shape index (κ2) is 6.51. The van der Waals surface area contributed by atoms with Crippen LogP contribution in [0.15, 0.2) is 14.0 Å². The van der Waals surface area contributed by atoms with E-state index >= 15 is 0 Å². The molecule has 1 aromatic rings. The number of thiophene rings is 1. The van der Waals surface area contributed by atoms with Crippen LogP contribution < -0.4 is 10.9 Å². The molecule has 0 radical (unpaired) electrons. The van der Waals surface area contributed by atoms with E-state index in [-0.39, 0.29) is 20.2 Å². The summed E-state index contributed by atoms with van der Waals surface area (Å²) >= 11 is 12.6. The molecule has 0 aliphatic rings. The highest BCUT2D eigenvalue weighted by Gasteiger charge is 2.21. The van der Waals surface area contributed by atoms with Gasteiger partial charge in [0, 0.05) is 5.38 Å². The molecular weight excluding hydrogens is 329 g/mol. The fraction of sp³-hybridized carbons (Fsp3) is 0.500. The Hall–Kier alpha value is -0.180. The van der Waals surface area contributed by atoms with Gasteiger partial charge in [-0.15, -0.1) is 15.7 Å². The van der Waals surface area contributed by atoms with E-state index in [1.54, 1.807) is 0 Å². The Bertz CT molecular complexity index is 592. The lowest BCUT2D eigenvalue weighted by Crippen LogP contribution is -2.32. The van der Waals surface area contributed by atoms with Crippen molar-refractivity contribution in [1.82, 2.24) is 0 Å². The van der Waals surface area contributed by atoms with Gasteiger partial charge in [-0.05, 0) is 12.3 Å². The predicted octanol–water partition coefficient (Wildman–Crippen LogP) is 2.66. The van der Waals surface area contributed by atoms with Crippen molar-refractivity contribution in [2.24, 2.45) is 21.2 Å². The average molecular weight is 344 g/mol. The van der Waals surface area contributed by atoms with Gasteiger partial charge in [0.05, 0.1) is 16.1 Å². The summed E-state index contributed by atoms with van der Waals surface area (Å²) in [5.74, 6) is -0.468. The normalized spacial score (nSPS) is 16.2. The largest absolute Gasteiger partial charge is 0.320 e. The van der Waals surface area contributed by atoms with Crippen LogP contribution in [0, 0.1) is 5.92 Å². The van der Waals surface area contributed by atoms with Crippen molar-refractivity contribution in [1.29, 1.82) is 0 Å². The molecule has 0 saturated heterocycles. The first-order valence-electron chi connectivity index (χ1n) is 5.42. The van der Waals surface area contributed by atoms with E-state index in [0.717, 1.165) is 11.3 Å². The van der Waals surface area contributed by atoms with Crippen LogP contribution in [0.25, 0.3) is 0 Å². The molecule has 1 amide bonds. The quantitative estimate of drug-likeness (QED) is 0.878. The van der Waals surface area contributed by atoms with Crippen molar-refractivity contribution < 1.29 is 9.00 Å². The highest BCUT2D eigenvalue weighted by atomic mass is 35.5. The molecule has 2 atom stereocenters. The minimum atomic E-state index is -3.40. The third-order valence-electron chi connectivity index (χ3n) is 2.19. The van der Waals surface area contributed by atoms with Crippen LogP contribution in [0.4, 0.5) is 0 Å². The molecule has 5 nitrogen and oxygen atoms in total. The summed E-state index contributed by atoms with van der Waals surface area (Å²) in [6.45, 7) is 3.84. The number of halogens is 2. The van der Waals surface area contributed by atoms with Crippen molar-refractivity contribution >= 4 is 50.4 Å². The number of carbonyl (C=O) groups excluding carboxylic acids is 1. The molecule has 0 bridgehead atoms. The molecule has 0 spiro atoms. The maximum Gasteiger partial charge on any atom is 0.271 e. The zero-order valence-electron chi connectivity index (χ0n) is 10.4. The number of hydrogen-bond donors (Lipinski definition) is 2. The summed E-state index contributed by atoms with van der Waals surface area (Å²) in [5.41, 5.74) is 5.67. The van der Waals surface area contributed by atoms with Crippen molar-refractivity contribution in [3.63, 3.8) is 0 Å². The maximum absolute atomic E-state index is 12.2. The molecule has 4 N–H and O–H groups in total. The fourth-order valence-electron chi connectivity index (χ4n) is 1.36. The number of nitrogens with two attached hydrogens (primary N) is 2. The zero-order valence-corrected chi connectivity index (χ0v) is 13.6. The van der Waals surface area contributed by atoms with Gasteiger partial charge in [-0.1, -0.05) is 37.0 Å². The number of amides is 1. The van der Waals surface area contributed by atoms with Gasteiger partial charge in [0.15, 0.2) is 9.92 Å². The summed E-state index contributed by atoms with van der Waals surface area (Å²) in [6, 6.07) is -0.821. The molecule has 0 aromatic carbocycles. The Kier molecular flexibility index (Phi) is 5.78. The third-order valence-corrected chi connectivity index (χ3v) is 6.30. The number of nitrogens with zero attached hydrogens (tertiary/aromatic N) is 1. The molecule has 1 aromatic heterocycles. The zero-order chi connectivity index (χ0) is 14.8. The first-order valence-corrected chi connectivity index (χ1v) is 8.63. The van der Waals surface area contributed by atoms with E-state index in [4.69, 9.17) is 34.1 Å². The Morgan fingerprint density at radius 2 is 2.11 bits per heavy atom. The molecular formula is C10H15Cl2N3O2S2. The van der Waals surface area contributed by atoms with Gasteiger partial charge in [-0.2, -0.15) is 0 Å². The highest BCUT2D eigenvalue weighted by Crippen LogP contribution is 2.35. The van der Waals surface area contributed by atoms with E-state index < -0.39 is 21.9 Å². The van der Waals surface area contributed by atoms with Crippen LogP contribution in [-0.4, -0.2) is 16.2 Å². The second-order valence-corrected chi connectivity index (χ2v) is 8.07. The molecule has 0 saturated carbocycles. The Morgan fingerprint density at radius 3 is 2.53 bits per heavy atom. The van der Waals surface area contributed by atoms with Gasteiger partial charge in [0.25, 0.3) is 5.91 Å². The lowest BCUT2D eigenvalue weighted by Gasteiger charge is -2.10. The summed E-state index contributed by atoms with van der Waals surface area (Å²) in [6.07, 6.45) is 0.441. The topological polar surface area (TPSA) is 98.5 Å². The van der Waals surface area contributed by atoms with Crippen LogP contribution in [0.5, 0.6) is 0 Å². The third kappa shape index (κ3) is 4.40. The molecule has 9 heteroatoms. The van der Waals surface area contributed by atoms with E-state index in [1.807, 2.05) is 13.8 Å². The molecule has 0 aliphatic carbocycles. The van der Waals surface area contributed by atoms with Crippen LogP contribution in [0.3, 0.4) is 0 Å². The van der Waals surface area contributed by atoms with E-state index in [0.29, 0.717) is 6.42 Å². The first kappa shape index (κ1) is 16.9. The van der Waals surface area contributed by atoms with Crippen LogP contribution in [0.1, 0.15) is 20.3 Å². The lowest BCUT2D eigenvalue weighted by atomic mass is 10.0. The van der Waals surface area contributed by atoms with Crippen LogP contribution in [-0.2, 0) is 14.7 Å². The first-order chi connectivity index (χ1) is 8.65. The Morgan fingerprint density at radius 1 is 1.53 bits per heavy atom. The molecule has 0 fully saturated rings. The van der Waals surface area contributed by atoms with Crippen LogP contribution >= 0.6 is 34.5 Å². The van der Waals surface area contributed by atoms with E-state index in [1.165, 1.54) is 5.38 Å². The second-order valence-electron chi connectivity index (χ2n) is 4.42. The summed E-state index contributed by atoms with van der Waals surface area (Å²) in [5, 5.41) is 7.35. The Labute approximate surface area is 126 Å². The van der Waals surface area contributed by atoms with Gasteiger partial charge in [-0.25, -0.2) is 9.35 Å². The van der Waals surface area contributed by atoms with Crippen molar-refractivity contribution in [3.8, 4) is 0 Å². The van der Waals surface area contributed by atoms with Gasteiger partial charge in [0.1, 0.15) is 4.21 Å². The predicted molar refractivity (Wildman–Crippen MR) is 79.8 cm³/mol. The molecule has 108 valence electrons. The maximum atomic E-state index is 12.2. The summed E-state index contributed by atoms with van der Waals surface area (Å²) < 4.78 is 15.8. The van der Waals surface area contributed by atoms with Crippen molar-refractivity contribution in [2.75, 3.05) is 0 Å². The standard InChI is InChI=1S/C10H15Cl2N3O2S2/c1-5(2)3-7(13)9(16)15-19(14,17)10-8(12)6(11)4-18-10/h4-5,7H,3,13H2,1-2H3,(H2,14,15,16,17)/t7-,19?/m0/s1. The molecule has 19 heavy (non-hydrogen) atoms. The lowest BCUT2D eigenvalue weighted by molar-refractivity contribution is -0.119. The average Bonchev–Trinajstić information content (AvgIpc) is 2.58. The Balaban J connectivity index is 3.06. The number of hydrogen-bond acceptors (Lipinski definition) is 4. The number of carbonyl (C=O) groups is 1. The van der Waals surface area contributed by atoms with Gasteiger partial charge in [0.2, 0.25) is 0 Å². The van der Waals surface area contributed by atoms with Gasteiger partial charge >= 0.3 is 0 Å². The van der Waals surface area contributed by atoms with Gasteiger partial charge in [-0.3, -0.25) is 4.79 Å². The molecule has 0 aliphatic heterocycles. The monoisotopic (exact) mass is 343 g/mol. The van der Waals surface area contributed by atoms with E-state index in [2.05, 4.69) is 4.36 Å². The van der Waals surface area contributed by atoms with E-state index in [9.17, 15) is 9.00 Å². The minimum Gasteiger partial charge on any atom is -0.320 e.